The Bertz CT molecular complexity index is 3020. The van der Waals surface area contributed by atoms with Crippen LogP contribution >= 0.6 is 0 Å². The van der Waals surface area contributed by atoms with Crippen molar-refractivity contribution in [2.75, 3.05) is 19.6 Å². The SMILES string of the molecule is CC(C)(C)c1cc(N2c3ccc(C(C)(C)C)cc3N(c3cc(C(C)(C)C)cc(C(C)(C)C)n3)C2C2N(c3cc(C(C)(C)C)cc(C(C)(C)C)n3)c3ccc(C(C)(C)C)cc3N2c2cc(C(C)(C)C)cc(C(C)(C)C)n2)nc(C(C)(C)C)c1. The van der Waals surface area contributed by atoms with Gasteiger partial charge in [-0.05, 0) is 139 Å². The number of hydrogen-bond donors (Lipinski definition) is 0. The summed E-state index contributed by atoms with van der Waals surface area (Å²) in [7, 11) is 0. The largest absolute Gasteiger partial charge is 0.299 e. The van der Waals surface area contributed by atoms with Gasteiger partial charge in [-0.25, -0.2) is 19.9 Å². The summed E-state index contributed by atoms with van der Waals surface area (Å²) < 4.78 is 0. The van der Waals surface area contributed by atoms with Crippen molar-refractivity contribution in [3.63, 3.8) is 0 Å². The van der Waals surface area contributed by atoms with E-state index in [1.165, 1.54) is 33.4 Å². The van der Waals surface area contributed by atoms with Crippen molar-refractivity contribution < 1.29 is 0 Å². The fourth-order valence-electron chi connectivity index (χ4n) is 11.0. The highest BCUT2D eigenvalue weighted by Gasteiger charge is 2.54. The minimum absolute atomic E-state index is 0.170. The Morgan fingerprint density at radius 3 is 0.598 bits per heavy atom. The predicted molar refractivity (Wildman–Crippen MR) is 353 cm³/mol. The molecular formula is C74H106N8. The van der Waals surface area contributed by atoms with Gasteiger partial charge >= 0.3 is 0 Å². The van der Waals surface area contributed by atoms with Gasteiger partial charge in [0.15, 0.2) is 12.3 Å². The van der Waals surface area contributed by atoms with E-state index in [1.807, 2.05) is 0 Å². The molecule has 6 heterocycles. The molecule has 2 aliphatic rings. The van der Waals surface area contributed by atoms with Gasteiger partial charge in [-0.3, -0.25) is 19.6 Å². The molecule has 2 atom stereocenters. The van der Waals surface area contributed by atoms with Crippen LogP contribution in [0.1, 0.15) is 264 Å². The third kappa shape index (κ3) is 12.3. The highest BCUT2D eigenvalue weighted by atomic mass is 15.6. The zero-order valence-electron chi connectivity index (χ0n) is 56.8. The summed E-state index contributed by atoms with van der Waals surface area (Å²) in [5, 5.41) is 0. The molecule has 6 aromatic rings. The summed E-state index contributed by atoms with van der Waals surface area (Å²) >= 11 is 0. The maximum absolute atomic E-state index is 5.94. The smallest absolute Gasteiger partial charge is 0.154 e. The summed E-state index contributed by atoms with van der Waals surface area (Å²) in [4.78, 5) is 34.1. The van der Waals surface area contributed by atoms with Crippen LogP contribution in [0.3, 0.4) is 0 Å². The number of anilines is 8. The Hall–Kier alpha value is -5.76. The van der Waals surface area contributed by atoms with Crippen LogP contribution in [-0.4, -0.2) is 32.3 Å². The molecule has 0 fully saturated rings. The van der Waals surface area contributed by atoms with E-state index in [4.69, 9.17) is 19.9 Å². The van der Waals surface area contributed by atoms with Gasteiger partial charge in [-0.1, -0.05) is 220 Å². The Labute approximate surface area is 498 Å². The van der Waals surface area contributed by atoms with E-state index in [0.29, 0.717) is 0 Å². The van der Waals surface area contributed by atoms with Crippen LogP contribution in [0, 0.1) is 0 Å². The maximum Gasteiger partial charge on any atom is 0.154 e. The first-order valence-corrected chi connectivity index (χ1v) is 30.5. The van der Waals surface area contributed by atoms with E-state index >= 15 is 0 Å². The number of benzene rings is 2. The molecule has 8 rings (SSSR count). The van der Waals surface area contributed by atoms with Crippen molar-refractivity contribution in [2.24, 2.45) is 0 Å². The molecule has 2 aromatic carbocycles. The second-order valence-electron chi connectivity index (χ2n) is 34.6. The molecule has 0 spiro atoms. The molecule has 2 unspecified atom stereocenters. The Kier molecular flexibility index (Phi) is 15.1. The molecule has 0 saturated carbocycles. The molecule has 0 bridgehead atoms. The third-order valence-corrected chi connectivity index (χ3v) is 16.8. The third-order valence-electron chi connectivity index (χ3n) is 16.8. The molecule has 8 nitrogen and oxygen atoms in total. The standard InChI is InChI=1S/C74H106N8/c1-65(2,3)45-31-33-51-53(35-45)81(61-43-49(69(13,14)15)39-57(77-61)73(25,26)27)63(79(51)59-41-47(67(7,8)9)37-55(75-59)71(19,20)21)64-80(60-42-48(68(10,11)12)38-56(76-60)72(22,23)24)52-34-32-46(66(4,5)6)36-54(52)82(64)62-44-50(70(16,17)18)40-58(78-62)74(28,29)30/h31-44,63-64H,1-30H3. The summed E-state index contributed by atoms with van der Waals surface area (Å²) in [5.74, 6) is 3.57. The van der Waals surface area contributed by atoms with Crippen molar-refractivity contribution >= 4 is 46.0 Å². The molecule has 0 radical (unpaired) electrons. The summed E-state index contributed by atoms with van der Waals surface area (Å²) in [5.41, 5.74) is 13.7. The van der Waals surface area contributed by atoms with Gasteiger partial charge < -0.3 is 0 Å². The van der Waals surface area contributed by atoms with Crippen LogP contribution in [0.4, 0.5) is 46.0 Å². The number of aromatic nitrogens is 4. The highest BCUT2D eigenvalue weighted by molar-refractivity contribution is 5.94. The van der Waals surface area contributed by atoms with Gasteiger partial charge in [-0.15, -0.1) is 0 Å². The molecule has 0 aliphatic carbocycles. The topological polar surface area (TPSA) is 64.5 Å². The van der Waals surface area contributed by atoms with Gasteiger partial charge in [0.1, 0.15) is 23.3 Å². The van der Waals surface area contributed by atoms with E-state index < -0.39 is 12.3 Å². The fraction of sp³-hybridized carbons (Fsp3) is 0.568. The second kappa shape index (κ2) is 19.9. The van der Waals surface area contributed by atoms with Crippen molar-refractivity contribution in [3.8, 4) is 0 Å². The normalized spacial score (nSPS) is 17.0. The first-order valence-electron chi connectivity index (χ1n) is 30.5. The molecule has 442 valence electrons. The second-order valence-corrected chi connectivity index (χ2v) is 34.6. The summed E-state index contributed by atoms with van der Waals surface area (Å²) in [6, 6.07) is 33.3. The lowest BCUT2D eigenvalue weighted by Gasteiger charge is -2.44. The molecule has 8 heteroatoms. The lowest BCUT2D eigenvalue weighted by molar-refractivity contribution is 0.515. The minimum atomic E-state index is -0.557. The first kappa shape index (κ1) is 62.3. The van der Waals surface area contributed by atoms with E-state index in [-0.39, 0.29) is 54.1 Å². The Balaban J connectivity index is 1.69. The van der Waals surface area contributed by atoms with Crippen molar-refractivity contribution in [3.05, 3.63) is 141 Å². The van der Waals surface area contributed by atoms with Crippen LogP contribution in [0.2, 0.25) is 0 Å². The van der Waals surface area contributed by atoms with Crippen molar-refractivity contribution in [2.45, 2.75) is 274 Å². The first-order chi connectivity index (χ1) is 37.0. The van der Waals surface area contributed by atoms with Crippen molar-refractivity contribution in [1.29, 1.82) is 0 Å². The zero-order valence-corrected chi connectivity index (χ0v) is 56.8. The number of pyridine rings is 4. The van der Waals surface area contributed by atoms with Gasteiger partial charge in [0.05, 0.1) is 22.7 Å². The van der Waals surface area contributed by atoms with Crippen LogP contribution in [0.25, 0.3) is 0 Å². The van der Waals surface area contributed by atoms with Gasteiger partial charge in [-0.2, -0.15) is 0 Å². The van der Waals surface area contributed by atoms with Gasteiger partial charge in [0, 0.05) is 44.4 Å². The highest BCUT2D eigenvalue weighted by Crippen LogP contribution is 2.58. The van der Waals surface area contributed by atoms with Crippen LogP contribution in [0.5, 0.6) is 0 Å². The van der Waals surface area contributed by atoms with Gasteiger partial charge in [0.2, 0.25) is 0 Å². The predicted octanol–water partition coefficient (Wildman–Crippen LogP) is 20.2. The number of nitrogens with zero attached hydrogens (tertiary/aromatic N) is 8. The molecule has 0 N–H and O–H groups in total. The average molecular weight is 1110 g/mol. The van der Waals surface area contributed by atoms with Gasteiger partial charge in [0.25, 0.3) is 0 Å². The Morgan fingerprint density at radius 2 is 0.415 bits per heavy atom. The molecule has 82 heavy (non-hydrogen) atoms. The molecule has 0 saturated heterocycles. The lowest BCUT2D eigenvalue weighted by Crippen LogP contribution is -2.59. The molecule has 4 aromatic heterocycles. The lowest BCUT2D eigenvalue weighted by atomic mass is 9.83. The number of fused-ring (bicyclic) bond motifs is 2. The van der Waals surface area contributed by atoms with Crippen LogP contribution in [-0.2, 0) is 54.1 Å². The number of rotatable bonds is 5. The summed E-state index contributed by atoms with van der Waals surface area (Å²) in [6.45, 7) is 69.5. The van der Waals surface area contributed by atoms with E-state index in [9.17, 15) is 0 Å². The van der Waals surface area contributed by atoms with Crippen LogP contribution in [0.15, 0.2) is 84.9 Å². The van der Waals surface area contributed by atoms with E-state index in [2.05, 4.69) is 312 Å². The quantitative estimate of drug-likeness (QED) is 0.169. The number of hydrogen-bond acceptors (Lipinski definition) is 8. The molecule has 2 aliphatic heterocycles. The Morgan fingerprint density at radius 1 is 0.220 bits per heavy atom. The fourth-order valence-corrected chi connectivity index (χ4v) is 11.0. The molecule has 0 amide bonds. The summed E-state index contributed by atoms with van der Waals surface area (Å²) in [6.07, 6.45) is -1.11. The van der Waals surface area contributed by atoms with E-state index in [1.54, 1.807) is 0 Å². The van der Waals surface area contributed by atoms with E-state index in [0.717, 1.165) is 68.8 Å². The van der Waals surface area contributed by atoms with Crippen molar-refractivity contribution in [1.82, 2.24) is 19.9 Å². The molecular weight excluding hydrogens is 1000 g/mol. The maximum atomic E-state index is 5.94. The average Bonchev–Trinajstić information content (AvgIpc) is 1.79. The minimum Gasteiger partial charge on any atom is -0.299 e. The monoisotopic (exact) mass is 1110 g/mol. The van der Waals surface area contributed by atoms with Crippen LogP contribution < -0.4 is 19.6 Å². The zero-order chi connectivity index (χ0) is 61.6.